The molecule has 2 heteroatoms. The van der Waals surface area contributed by atoms with E-state index in [1.165, 1.54) is 42.4 Å². The Labute approximate surface area is 116 Å². The minimum absolute atomic E-state index is 0.435. The fourth-order valence-corrected chi connectivity index (χ4v) is 3.42. The maximum atomic E-state index is 6.47. The van der Waals surface area contributed by atoms with Crippen molar-refractivity contribution in [2.24, 2.45) is 5.92 Å². The molecule has 0 spiro atoms. The van der Waals surface area contributed by atoms with Crippen LogP contribution in [0.4, 0.5) is 0 Å². The van der Waals surface area contributed by atoms with Gasteiger partial charge in [0.15, 0.2) is 0 Å². The summed E-state index contributed by atoms with van der Waals surface area (Å²) >= 11 is 6.47. The molecule has 1 unspecified atom stereocenters. The zero-order valence-corrected chi connectivity index (χ0v) is 12.5. The highest BCUT2D eigenvalue weighted by atomic mass is 35.5. The highest BCUT2D eigenvalue weighted by Gasteiger charge is 2.27. The fraction of sp³-hybridized carbons (Fsp3) is 0.625. The molecular weight excluding hydrogens is 242 g/mol. The molecule has 1 aromatic carbocycles. The predicted molar refractivity (Wildman–Crippen MR) is 79.3 cm³/mol. The number of rotatable bonds is 4. The minimum Gasteiger partial charge on any atom is -0.310 e. The van der Waals surface area contributed by atoms with Crippen molar-refractivity contribution in [1.82, 2.24) is 5.32 Å². The highest BCUT2D eigenvalue weighted by Crippen LogP contribution is 2.38. The minimum atomic E-state index is 0.435. The largest absolute Gasteiger partial charge is 0.310 e. The van der Waals surface area contributed by atoms with Crippen molar-refractivity contribution in [3.8, 4) is 0 Å². The highest BCUT2D eigenvalue weighted by molar-refractivity contribution is 6.31. The second kappa shape index (κ2) is 6.08. The van der Waals surface area contributed by atoms with Crippen LogP contribution in [0.25, 0.3) is 0 Å². The third kappa shape index (κ3) is 2.89. The molecule has 0 bridgehead atoms. The zero-order chi connectivity index (χ0) is 13.1. The molecule has 1 nitrogen and oxygen atoms in total. The van der Waals surface area contributed by atoms with E-state index in [1.54, 1.807) is 0 Å². The Morgan fingerprint density at radius 2 is 1.83 bits per heavy atom. The van der Waals surface area contributed by atoms with Crippen LogP contribution in [0, 0.1) is 19.8 Å². The molecule has 0 saturated heterocycles. The van der Waals surface area contributed by atoms with E-state index in [-0.39, 0.29) is 0 Å². The van der Waals surface area contributed by atoms with E-state index in [9.17, 15) is 0 Å². The van der Waals surface area contributed by atoms with E-state index in [0.29, 0.717) is 6.04 Å². The van der Waals surface area contributed by atoms with Gasteiger partial charge in [-0.1, -0.05) is 37.4 Å². The summed E-state index contributed by atoms with van der Waals surface area (Å²) in [5.41, 5.74) is 3.93. The van der Waals surface area contributed by atoms with Crippen LogP contribution in [0.5, 0.6) is 0 Å². The van der Waals surface area contributed by atoms with Crippen LogP contribution in [0.2, 0.25) is 5.02 Å². The first kappa shape index (κ1) is 13.9. The summed E-state index contributed by atoms with van der Waals surface area (Å²) in [6.07, 6.45) is 5.41. The molecule has 2 rings (SSSR count). The average Bonchev–Trinajstić information content (AvgIpc) is 2.85. The Morgan fingerprint density at radius 3 is 2.44 bits per heavy atom. The molecule has 1 N–H and O–H groups in total. The van der Waals surface area contributed by atoms with Gasteiger partial charge in [0.2, 0.25) is 0 Å². The lowest BCUT2D eigenvalue weighted by Crippen LogP contribution is -2.27. The number of benzene rings is 1. The molecule has 1 fully saturated rings. The number of hydrogen-bond acceptors (Lipinski definition) is 1. The van der Waals surface area contributed by atoms with Gasteiger partial charge in [-0.15, -0.1) is 0 Å². The maximum absolute atomic E-state index is 6.47. The van der Waals surface area contributed by atoms with Gasteiger partial charge in [-0.2, -0.15) is 0 Å². The molecule has 1 aromatic rings. The van der Waals surface area contributed by atoms with Gasteiger partial charge in [-0.05, 0) is 61.9 Å². The lowest BCUT2D eigenvalue weighted by molar-refractivity contribution is 0.374. The van der Waals surface area contributed by atoms with E-state index >= 15 is 0 Å². The first-order valence-corrected chi connectivity index (χ1v) is 7.51. The third-order valence-electron chi connectivity index (χ3n) is 4.24. The summed E-state index contributed by atoms with van der Waals surface area (Å²) in [6.45, 7) is 7.48. The lowest BCUT2D eigenvalue weighted by Gasteiger charge is -2.26. The van der Waals surface area contributed by atoms with Crippen molar-refractivity contribution in [2.45, 2.75) is 52.5 Å². The van der Waals surface area contributed by atoms with Crippen LogP contribution in [0.15, 0.2) is 12.1 Å². The molecule has 1 saturated carbocycles. The van der Waals surface area contributed by atoms with Crippen LogP contribution in [-0.4, -0.2) is 6.54 Å². The van der Waals surface area contributed by atoms with Crippen molar-refractivity contribution < 1.29 is 0 Å². The van der Waals surface area contributed by atoms with Gasteiger partial charge >= 0.3 is 0 Å². The van der Waals surface area contributed by atoms with Crippen molar-refractivity contribution in [3.63, 3.8) is 0 Å². The quantitative estimate of drug-likeness (QED) is 0.825. The first-order chi connectivity index (χ1) is 8.63. The molecule has 100 valence electrons. The topological polar surface area (TPSA) is 12.0 Å². The van der Waals surface area contributed by atoms with Crippen LogP contribution < -0.4 is 5.32 Å². The standard InChI is InChI=1S/C16H24ClN/c1-4-18-16(13-7-5-6-8-13)14-9-11(2)12(3)10-15(14)17/h9-10,13,16,18H,4-8H2,1-3H3. The second-order valence-corrected chi connectivity index (χ2v) is 5.95. The van der Waals surface area contributed by atoms with Crippen LogP contribution in [0.3, 0.4) is 0 Å². The summed E-state index contributed by atoms with van der Waals surface area (Å²) in [5, 5.41) is 4.57. The SMILES string of the molecule is CCNC(c1cc(C)c(C)cc1Cl)C1CCCC1. The molecule has 1 aliphatic carbocycles. The number of aryl methyl sites for hydroxylation is 2. The average molecular weight is 266 g/mol. The van der Waals surface area contributed by atoms with Crippen molar-refractivity contribution in [3.05, 3.63) is 33.8 Å². The second-order valence-electron chi connectivity index (χ2n) is 5.54. The Balaban J connectivity index is 2.32. The summed E-state index contributed by atoms with van der Waals surface area (Å²) in [4.78, 5) is 0. The maximum Gasteiger partial charge on any atom is 0.0456 e. The fourth-order valence-electron chi connectivity index (χ4n) is 3.08. The normalized spacial score (nSPS) is 18.2. The van der Waals surface area contributed by atoms with Gasteiger partial charge in [0.1, 0.15) is 0 Å². The Kier molecular flexibility index (Phi) is 4.69. The van der Waals surface area contributed by atoms with E-state index < -0.39 is 0 Å². The van der Waals surface area contributed by atoms with Crippen LogP contribution >= 0.6 is 11.6 Å². The van der Waals surface area contributed by atoms with Crippen molar-refractivity contribution in [2.75, 3.05) is 6.54 Å². The van der Waals surface area contributed by atoms with Crippen molar-refractivity contribution in [1.29, 1.82) is 0 Å². The van der Waals surface area contributed by atoms with E-state index in [4.69, 9.17) is 11.6 Å². The lowest BCUT2D eigenvalue weighted by atomic mass is 9.90. The molecule has 1 aliphatic rings. The Hall–Kier alpha value is -0.530. The van der Waals surface area contributed by atoms with Gasteiger partial charge < -0.3 is 5.32 Å². The Bertz CT molecular complexity index is 408. The van der Waals surface area contributed by atoms with E-state index in [2.05, 4.69) is 38.2 Å². The number of nitrogens with one attached hydrogen (secondary N) is 1. The van der Waals surface area contributed by atoms with Gasteiger partial charge in [-0.25, -0.2) is 0 Å². The van der Waals surface area contributed by atoms with E-state index in [1.807, 2.05) is 0 Å². The smallest absolute Gasteiger partial charge is 0.0456 e. The molecule has 0 radical (unpaired) electrons. The molecular formula is C16H24ClN. The number of hydrogen-bond donors (Lipinski definition) is 1. The molecule has 0 aliphatic heterocycles. The summed E-state index contributed by atoms with van der Waals surface area (Å²) < 4.78 is 0. The van der Waals surface area contributed by atoms with Gasteiger partial charge in [0.05, 0.1) is 0 Å². The summed E-state index contributed by atoms with van der Waals surface area (Å²) in [7, 11) is 0. The van der Waals surface area contributed by atoms with Gasteiger partial charge in [0, 0.05) is 11.1 Å². The van der Waals surface area contributed by atoms with Crippen molar-refractivity contribution >= 4 is 11.6 Å². The zero-order valence-electron chi connectivity index (χ0n) is 11.7. The molecule has 0 aromatic heterocycles. The molecule has 0 amide bonds. The molecule has 18 heavy (non-hydrogen) atoms. The van der Waals surface area contributed by atoms with E-state index in [0.717, 1.165) is 17.5 Å². The summed E-state index contributed by atoms with van der Waals surface area (Å²) in [6, 6.07) is 4.83. The predicted octanol–water partition coefficient (Wildman–Crippen LogP) is 4.80. The molecule has 0 heterocycles. The first-order valence-electron chi connectivity index (χ1n) is 7.13. The Morgan fingerprint density at radius 1 is 1.22 bits per heavy atom. The summed E-state index contributed by atoms with van der Waals surface area (Å²) in [5.74, 6) is 0.754. The third-order valence-corrected chi connectivity index (χ3v) is 4.57. The van der Waals surface area contributed by atoms with Crippen LogP contribution in [0.1, 0.15) is 55.3 Å². The number of halogens is 1. The van der Waals surface area contributed by atoms with Gasteiger partial charge in [-0.3, -0.25) is 0 Å². The monoisotopic (exact) mass is 265 g/mol. The molecule has 1 atom stereocenters. The van der Waals surface area contributed by atoms with Gasteiger partial charge in [0.25, 0.3) is 0 Å². The van der Waals surface area contributed by atoms with Crippen LogP contribution in [-0.2, 0) is 0 Å².